The minimum absolute atomic E-state index is 0.0205. The summed E-state index contributed by atoms with van der Waals surface area (Å²) in [5, 5.41) is 2.99. The molecule has 0 aromatic carbocycles. The van der Waals surface area contributed by atoms with Crippen LogP contribution in [0.5, 0.6) is 0 Å². The summed E-state index contributed by atoms with van der Waals surface area (Å²) in [7, 11) is 1.85. The first kappa shape index (κ1) is 21.2. The number of pyridine rings is 1. The van der Waals surface area contributed by atoms with Crippen LogP contribution in [-0.2, 0) is 11.2 Å². The summed E-state index contributed by atoms with van der Waals surface area (Å²) in [5.74, 6) is 0.638. The zero-order chi connectivity index (χ0) is 21.8. The van der Waals surface area contributed by atoms with Crippen LogP contribution in [0.25, 0.3) is 11.3 Å². The van der Waals surface area contributed by atoms with Crippen LogP contribution in [0, 0.1) is 5.92 Å². The van der Waals surface area contributed by atoms with Gasteiger partial charge in [0.05, 0.1) is 23.6 Å². The molecule has 2 fully saturated rings. The fourth-order valence-electron chi connectivity index (χ4n) is 3.79. The number of carbonyl (C=O) groups excluding carboxylic acids is 1. The molecule has 1 amide bonds. The standard InChI is InChI=1S/C23H30N6O2/c1-3-18-11-25-12-20(27-18)17-9-21(23(31)26-10-17)29(13-16-6-7-16)19-14-28(15-19)22(30)5-4-8-24-2/h4-5,9-12,16,19,24H,3,6-8,13-15H2,1-2H3,(H,26,31)/b5-4+. The third kappa shape index (κ3) is 5.02. The van der Waals surface area contributed by atoms with Crippen LogP contribution in [0.15, 0.2) is 41.6 Å². The number of nitrogens with zero attached hydrogens (tertiary/aromatic N) is 4. The first-order valence-corrected chi connectivity index (χ1v) is 11.0. The van der Waals surface area contributed by atoms with Crippen molar-refractivity contribution in [3.63, 3.8) is 0 Å². The van der Waals surface area contributed by atoms with Gasteiger partial charge in [0.15, 0.2) is 0 Å². The van der Waals surface area contributed by atoms with E-state index in [1.54, 1.807) is 24.7 Å². The van der Waals surface area contributed by atoms with Gasteiger partial charge in [0.2, 0.25) is 5.91 Å². The van der Waals surface area contributed by atoms with Crippen LogP contribution in [0.2, 0.25) is 0 Å². The summed E-state index contributed by atoms with van der Waals surface area (Å²) in [6, 6.07) is 2.06. The van der Waals surface area contributed by atoms with Gasteiger partial charge in [-0.15, -0.1) is 0 Å². The lowest BCUT2D eigenvalue weighted by molar-refractivity contribution is -0.130. The maximum atomic E-state index is 12.8. The van der Waals surface area contributed by atoms with E-state index in [2.05, 4.69) is 25.2 Å². The summed E-state index contributed by atoms with van der Waals surface area (Å²) in [4.78, 5) is 40.9. The summed E-state index contributed by atoms with van der Waals surface area (Å²) in [5.41, 5.74) is 3.06. The number of hydrogen-bond acceptors (Lipinski definition) is 6. The molecule has 0 bridgehead atoms. The van der Waals surface area contributed by atoms with Crippen LogP contribution in [0.4, 0.5) is 5.69 Å². The molecule has 8 heteroatoms. The molecule has 3 heterocycles. The quantitative estimate of drug-likeness (QED) is 0.596. The zero-order valence-corrected chi connectivity index (χ0v) is 18.2. The Morgan fingerprint density at radius 1 is 1.35 bits per heavy atom. The number of H-pyrrole nitrogens is 1. The molecule has 1 aliphatic heterocycles. The SMILES string of the molecule is CCc1cncc(-c2c[nH]c(=O)c(N(CC3CC3)C3CN(C(=O)/C=C/CNC)C3)c2)n1. The van der Waals surface area contributed by atoms with E-state index in [0.717, 1.165) is 29.9 Å². The Morgan fingerprint density at radius 3 is 2.87 bits per heavy atom. The number of anilines is 1. The first-order chi connectivity index (χ1) is 15.1. The Labute approximate surface area is 182 Å². The number of amides is 1. The molecule has 0 atom stereocenters. The number of carbonyl (C=O) groups is 1. The highest BCUT2D eigenvalue weighted by molar-refractivity contribution is 5.88. The molecule has 0 spiro atoms. The van der Waals surface area contributed by atoms with Crippen molar-refractivity contribution in [3.8, 4) is 11.3 Å². The van der Waals surface area contributed by atoms with Gasteiger partial charge in [-0.25, -0.2) is 4.98 Å². The highest BCUT2D eigenvalue weighted by Crippen LogP contribution is 2.33. The van der Waals surface area contributed by atoms with Gasteiger partial charge in [-0.05, 0) is 38.3 Å². The summed E-state index contributed by atoms with van der Waals surface area (Å²) >= 11 is 0. The van der Waals surface area contributed by atoms with E-state index in [9.17, 15) is 9.59 Å². The van der Waals surface area contributed by atoms with E-state index in [4.69, 9.17) is 0 Å². The third-order valence-corrected chi connectivity index (χ3v) is 5.88. The highest BCUT2D eigenvalue weighted by Gasteiger charge is 2.37. The molecule has 1 saturated carbocycles. The number of aromatic amines is 1. The van der Waals surface area contributed by atoms with Gasteiger partial charge in [-0.3, -0.25) is 14.6 Å². The molecule has 4 rings (SSSR count). The number of likely N-dealkylation sites (tertiary alicyclic amines) is 1. The van der Waals surface area contributed by atoms with Crippen molar-refractivity contribution < 1.29 is 4.79 Å². The van der Waals surface area contributed by atoms with E-state index >= 15 is 0 Å². The van der Waals surface area contributed by atoms with E-state index in [1.807, 2.05) is 31.0 Å². The number of aryl methyl sites for hydroxylation is 1. The Kier molecular flexibility index (Phi) is 6.46. The van der Waals surface area contributed by atoms with Gasteiger partial charge in [-0.2, -0.15) is 0 Å². The fourth-order valence-corrected chi connectivity index (χ4v) is 3.79. The molecular weight excluding hydrogens is 392 g/mol. The molecule has 2 aliphatic rings. The van der Waals surface area contributed by atoms with Crippen LogP contribution >= 0.6 is 0 Å². The van der Waals surface area contributed by atoms with Gasteiger partial charge in [0.1, 0.15) is 5.69 Å². The maximum Gasteiger partial charge on any atom is 0.271 e. The number of nitrogens with one attached hydrogen (secondary N) is 2. The lowest BCUT2D eigenvalue weighted by Crippen LogP contribution is -2.62. The first-order valence-electron chi connectivity index (χ1n) is 11.0. The average molecular weight is 423 g/mol. The number of aromatic nitrogens is 3. The second kappa shape index (κ2) is 9.43. The lowest BCUT2D eigenvalue weighted by Gasteiger charge is -2.46. The van der Waals surface area contributed by atoms with Crippen LogP contribution in [0.1, 0.15) is 25.5 Å². The van der Waals surface area contributed by atoms with Crippen LogP contribution in [0.3, 0.4) is 0 Å². The van der Waals surface area contributed by atoms with Gasteiger partial charge in [0.25, 0.3) is 5.56 Å². The van der Waals surface area contributed by atoms with Crippen molar-refractivity contribution in [3.05, 3.63) is 52.9 Å². The Bertz CT molecular complexity index is 1010. The second-order valence-corrected chi connectivity index (χ2v) is 8.30. The van der Waals surface area contributed by atoms with Gasteiger partial charge in [0, 0.05) is 50.2 Å². The lowest BCUT2D eigenvalue weighted by atomic mass is 10.0. The Hall–Kier alpha value is -3.00. The van der Waals surface area contributed by atoms with Gasteiger partial charge >= 0.3 is 0 Å². The summed E-state index contributed by atoms with van der Waals surface area (Å²) in [6.45, 7) is 4.81. The van der Waals surface area contributed by atoms with Gasteiger partial charge < -0.3 is 20.1 Å². The van der Waals surface area contributed by atoms with Crippen molar-refractivity contribution in [2.75, 3.05) is 38.1 Å². The zero-order valence-electron chi connectivity index (χ0n) is 18.2. The fraction of sp³-hybridized carbons (Fsp3) is 0.478. The molecule has 2 aromatic rings. The highest BCUT2D eigenvalue weighted by atomic mass is 16.2. The van der Waals surface area contributed by atoms with E-state index in [0.29, 0.717) is 31.2 Å². The molecular formula is C23H30N6O2. The van der Waals surface area contributed by atoms with Crippen LogP contribution < -0.4 is 15.8 Å². The van der Waals surface area contributed by atoms with Gasteiger partial charge in [-0.1, -0.05) is 13.0 Å². The number of rotatable bonds is 9. The van der Waals surface area contributed by atoms with E-state index in [-0.39, 0.29) is 17.5 Å². The van der Waals surface area contributed by atoms with Crippen molar-refractivity contribution in [2.24, 2.45) is 5.92 Å². The molecule has 2 N–H and O–H groups in total. The second-order valence-electron chi connectivity index (χ2n) is 8.30. The topological polar surface area (TPSA) is 94.2 Å². The summed E-state index contributed by atoms with van der Waals surface area (Å²) < 4.78 is 0. The van der Waals surface area contributed by atoms with E-state index in [1.165, 1.54) is 12.8 Å². The molecule has 0 unspecified atom stereocenters. The van der Waals surface area contributed by atoms with Crippen molar-refractivity contribution in [1.29, 1.82) is 0 Å². The molecule has 8 nitrogen and oxygen atoms in total. The van der Waals surface area contributed by atoms with Crippen molar-refractivity contribution >= 4 is 11.6 Å². The van der Waals surface area contributed by atoms with Crippen molar-refractivity contribution in [1.82, 2.24) is 25.2 Å². The third-order valence-electron chi connectivity index (χ3n) is 5.88. The number of hydrogen-bond donors (Lipinski definition) is 2. The smallest absolute Gasteiger partial charge is 0.271 e. The normalized spacial score (nSPS) is 16.5. The minimum Gasteiger partial charge on any atom is -0.360 e. The minimum atomic E-state index is -0.109. The Morgan fingerprint density at radius 2 is 2.16 bits per heavy atom. The molecule has 1 saturated heterocycles. The molecule has 0 radical (unpaired) electrons. The average Bonchev–Trinajstić information content (AvgIpc) is 3.57. The van der Waals surface area contributed by atoms with E-state index < -0.39 is 0 Å². The molecule has 2 aromatic heterocycles. The molecule has 1 aliphatic carbocycles. The summed E-state index contributed by atoms with van der Waals surface area (Å²) in [6.07, 6.45) is 11.8. The Balaban J connectivity index is 1.54. The van der Waals surface area contributed by atoms with Crippen LogP contribution in [-0.4, -0.2) is 65.0 Å². The monoisotopic (exact) mass is 422 g/mol. The largest absolute Gasteiger partial charge is 0.360 e. The predicted molar refractivity (Wildman–Crippen MR) is 121 cm³/mol. The molecule has 164 valence electrons. The van der Waals surface area contributed by atoms with Crippen molar-refractivity contribution in [2.45, 2.75) is 32.2 Å². The predicted octanol–water partition coefficient (Wildman–Crippen LogP) is 1.60. The maximum absolute atomic E-state index is 12.8. The molecule has 31 heavy (non-hydrogen) atoms. The number of likely N-dealkylation sites (N-methyl/N-ethyl adjacent to an activating group) is 1.